The molecule has 1 heterocycles. The van der Waals surface area contributed by atoms with Gasteiger partial charge in [0.25, 0.3) is 15.9 Å². The van der Waals surface area contributed by atoms with E-state index in [-0.39, 0.29) is 10.5 Å². The molecule has 0 bridgehead atoms. The summed E-state index contributed by atoms with van der Waals surface area (Å²) in [7, 11) is -1.33. The molecule has 0 saturated heterocycles. The quantitative estimate of drug-likeness (QED) is 0.753. The van der Waals surface area contributed by atoms with Gasteiger partial charge in [0.05, 0.1) is 18.6 Å². The summed E-state index contributed by atoms with van der Waals surface area (Å²) >= 11 is 0. The van der Waals surface area contributed by atoms with Crippen molar-refractivity contribution in [1.29, 1.82) is 0 Å². The Morgan fingerprint density at radius 3 is 2.72 bits per heavy atom. The second-order valence-electron chi connectivity index (χ2n) is 4.87. The molecule has 0 spiro atoms. The zero-order valence-electron chi connectivity index (χ0n) is 14.1. The van der Waals surface area contributed by atoms with E-state index in [0.717, 1.165) is 4.47 Å². The van der Waals surface area contributed by atoms with Crippen LogP contribution >= 0.6 is 0 Å². The molecule has 1 amide bonds. The standard InChI is InChI=1S/C16H19N3O5S/c1-4-24-16-14(9-6-10-17-16)18-15(20)12-7-5-8-13(11-12)25(21,22)19(2)23-3/h5-11H,4H2,1-3H3,(H,18,20). The third-order valence-electron chi connectivity index (χ3n) is 3.29. The lowest BCUT2D eigenvalue weighted by atomic mass is 10.2. The Hall–Kier alpha value is -2.49. The smallest absolute Gasteiger partial charge is 0.264 e. The molecule has 0 atom stereocenters. The molecule has 0 aliphatic heterocycles. The summed E-state index contributed by atoms with van der Waals surface area (Å²) in [6.07, 6.45) is 1.55. The fourth-order valence-electron chi connectivity index (χ4n) is 1.98. The fraction of sp³-hybridized carbons (Fsp3) is 0.250. The van der Waals surface area contributed by atoms with Crippen molar-refractivity contribution in [2.45, 2.75) is 11.8 Å². The SMILES string of the molecule is CCOc1ncccc1NC(=O)c1cccc(S(=O)(=O)N(C)OC)c1. The van der Waals surface area contributed by atoms with Crippen LogP contribution in [-0.4, -0.2) is 44.5 Å². The first-order chi connectivity index (χ1) is 11.9. The zero-order valence-corrected chi connectivity index (χ0v) is 14.9. The van der Waals surface area contributed by atoms with Gasteiger partial charge in [-0.25, -0.2) is 13.4 Å². The number of pyridine rings is 1. The molecule has 1 N–H and O–H groups in total. The van der Waals surface area contributed by atoms with E-state index in [0.29, 0.717) is 18.2 Å². The van der Waals surface area contributed by atoms with Crippen molar-refractivity contribution in [3.63, 3.8) is 0 Å². The lowest BCUT2D eigenvalue weighted by molar-refractivity contribution is -0.0258. The average molecular weight is 365 g/mol. The van der Waals surface area contributed by atoms with Gasteiger partial charge in [0.15, 0.2) is 0 Å². The van der Waals surface area contributed by atoms with Crippen molar-refractivity contribution >= 4 is 21.6 Å². The van der Waals surface area contributed by atoms with Crippen LogP contribution < -0.4 is 10.1 Å². The topological polar surface area (TPSA) is 97.8 Å². The number of hydroxylamine groups is 1. The highest BCUT2D eigenvalue weighted by Crippen LogP contribution is 2.22. The first kappa shape index (κ1) is 18.8. The number of aromatic nitrogens is 1. The molecule has 0 aliphatic carbocycles. The second kappa shape index (κ2) is 8.06. The van der Waals surface area contributed by atoms with Crippen molar-refractivity contribution in [3.8, 4) is 5.88 Å². The maximum Gasteiger partial charge on any atom is 0.264 e. The molecular formula is C16H19N3O5S. The number of nitrogens with one attached hydrogen (secondary N) is 1. The molecule has 134 valence electrons. The van der Waals surface area contributed by atoms with E-state index in [1.807, 2.05) is 0 Å². The second-order valence-corrected chi connectivity index (χ2v) is 6.80. The minimum atomic E-state index is -3.84. The lowest BCUT2D eigenvalue weighted by Gasteiger charge is -2.15. The Morgan fingerprint density at radius 2 is 2.04 bits per heavy atom. The third kappa shape index (κ3) is 4.32. The number of amides is 1. The summed E-state index contributed by atoms with van der Waals surface area (Å²) in [5.74, 6) is -0.188. The minimum absolute atomic E-state index is 0.0549. The first-order valence-electron chi connectivity index (χ1n) is 7.42. The predicted molar refractivity (Wildman–Crippen MR) is 91.8 cm³/mol. The Morgan fingerprint density at radius 1 is 1.28 bits per heavy atom. The zero-order chi connectivity index (χ0) is 18.4. The summed E-state index contributed by atoms with van der Waals surface area (Å²) in [5.41, 5.74) is 0.577. The van der Waals surface area contributed by atoms with Gasteiger partial charge in [-0.05, 0) is 37.3 Å². The third-order valence-corrected chi connectivity index (χ3v) is 4.97. The highest BCUT2D eigenvalue weighted by molar-refractivity contribution is 7.89. The summed E-state index contributed by atoms with van der Waals surface area (Å²) in [4.78, 5) is 21.2. The van der Waals surface area contributed by atoms with E-state index in [1.165, 1.54) is 38.4 Å². The van der Waals surface area contributed by atoms with Gasteiger partial charge >= 0.3 is 0 Å². The summed E-state index contributed by atoms with van der Waals surface area (Å²) in [5, 5.41) is 2.67. The first-order valence-corrected chi connectivity index (χ1v) is 8.86. The molecule has 9 heteroatoms. The van der Waals surface area contributed by atoms with Crippen LogP contribution in [0.15, 0.2) is 47.5 Å². The maximum absolute atomic E-state index is 12.5. The molecule has 0 unspecified atom stereocenters. The van der Waals surface area contributed by atoms with Crippen LogP contribution in [0.25, 0.3) is 0 Å². The van der Waals surface area contributed by atoms with Gasteiger partial charge in [0, 0.05) is 18.8 Å². The number of nitrogens with zero attached hydrogens (tertiary/aromatic N) is 2. The molecule has 2 aromatic rings. The molecule has 0 radical (unpaired) electrons. The van der Waals surface area contributed by atoms with E-state index in [4.69, 9.17) is 9.57 Å². The molecular weight excluding hydrogens is 346 g/mol. The number of hydrogen-bond donors (Lipinski definition) is 1. The monoisotopic (exact) mass is 365 g/mol. The number of benzene rings is 1. The molecule has 25 heavy (non-hydrogen) atoms. The minimum Gasteiger partial charge on any atom is -0.476 e. The van der Waals surface area contributed by atoms with Crippen LogP contribution in [0.4, 0.5) is 5.69 Å². The van der Waals surface area contributed by atoms with Gasteiger partial charge in [0.1, 0.15) is 5.69 Å². The number of ether oxygens (including phenoxy) is 1. The van der Waals surface area contributed by atoms with Crippen LogP contribution in [0, 0.1) is 0 Å². The van der Waals surface area contributed by atoms with Crippen molar-refractivity contribution < 1.29 is 22.8 Å². The Labute approximate surface area is 146 Å². The van der Waals surface area contributed by atoms with Gasteiger partial charge in [-0.2, -0.15) is 0 Å². The summed E-state index contributed by atoms with van der Waals surface area (Å²) < 4.78 is 30.6. The molecule has 2 rings (SSSR count). The van der Waals surface area contributed by atoms with E-state index >= 15 is 0 Å². The maximum atomic E-state index is 12.5. The summed E-state index contributed by atoms with van der Waals surface area (Å²) in [6, 6.07) is 8.96. The number of hydrogen-bond acceptors (Lipinski definition) is 6. The molecule has 1 aromatic heterocycles. The van der Waals surface area contributed by atoms with Crippen molar-refractivity contribution in [2.24, 2.45) is 0 Å². The van der Waals surface area contributed by atoms with Crippen LogP contribution in [0.1, 0.15) is 17.3 Å². The number of rotatable bonds is 7. The molecule has 8 nitrogen and oxygen atoms in total. The van der Waals surface area contributed by atoms with Gasteiger partial charge < -0.3 is 10.1 Å². The number of sulfonamides is 1. The lowest BCUT2D eigenvalue weighted by Crippen LogP contribution is -2.26. The average Bonchev–Trinajstić information content (AvgIpc) is 2.62. The number of anilines is 1. The van der Waals surface area contributed by atoms with E-state index in [9.17, 15) is 13.2 Å². The largest absolute Gasteiger partial charge is 0.476 e. The van der Waals surface area contributed by atoms with Gasteiger partial charge in [0.2, 0.25) is 5.88 Å². The predicted octanol–water partition coefficient (Wildman–Crippen LogP) is 1.91. The van der Waals surface area contributed by atoms with E-state index in [2.05, 4.69) is 10.3 Å². The highest BCUT2D eigenvalue weighted by atomic mass is 32.2. The van der Waals surface area contributed by atoms with E-state index in [1.54, 1.807) is 25.3 Å². The van der Waals surface area contributed by atoms with Crippen molar-refractivity contribution in [1.82, 2.24) is 9.45 Å². The molecule has 0 saturated carbocycles. The molecule has 1 aromatic carbocycles. The van der Waals surface area contributed by atoms with Crippen LogP contribution in [0.3, 0.4) is 0 Å². The van der Waals surface area contributed by atoms with Crippen molar-refractivity contribution in [2.75, 3.05) is 26.1 Å². The Bertz CT molecular complexity index is 854. The fourth-order valence-corrected chi connectivity index (χ4v) is 3.00. The normalized spacial score (nSPS) is 11.4. The number of carbonyl (C=O) groups is 1. The van der Waals surface area contributed by atoms with Gasteiger partial charge in [-0.15, -0.1) is 0 Å². The molecule has 0 aliphatic rings. The van der Waals surface area contributed by atoms with Crippen LogP contribution in [0.5, 0.6) is 5.88 Å². The van der Waals surface area contributed by atoms with Gasteiger partial charge in [-0.3, -0.25) is 9.63 Å². The van der Waals surface area contributed by atoms with Crippen molar-refractivity contribution in [3.05, 3.63) is 48.2 Å². The van der Waals surface area contributed by atoms with E-state index < -0.39 is 15.9 Å². The van der Waals surface area contributed by atoms with Crippen LogP contribution in [-0.2, 0) is 14.9 Å². The summed E-state index contributed by atoms with van der Waals surface area (Å²) in [6.45, 7) is 2.21. The number of carbonyl (C=O) groups excluding carboxylic acids is 1. The van der Waals surface area contributed by atoms with Crippen LogP contribution in [0.2, 0.25) is 0 Å². The Kier molecular flexibility index (Phi) is 6.07. The Balaban J connectivity index is 2.28. The molecule has 0 fully saturated rings. The highest BCUT2D eigenvalue weighted by Gasteiger charge is 2.22. The van der Waals surface area contributed by atoms with Gasteiger partial charge in [-0.1, -0.05) is 10.5 Å².